The first-order valence-electron chi connectivity index (χ1n) is 7.54. The second-order valence-corrected chi connectivity index (χ2v) is 5.47. The summed E-state index contributed by atoms with van der Waals surface area (Å²) in [5, 5.41) is 3.34. The Hall–Kier alpha value is -1.87. The van der Waals surface area contributed by atoms with Crippen LogP contribution in [0.25, 0.3) is 0 Å². The van der Waals surface area contributed by atoms with E-state index < -0.39 is 0 Å². The fourth-order valence-electron chi connectivity index (χ4n) is 2.26. The van der Waals surface area contributed by atoms with Gasteiger partial charge >= 0.3 is 0 Å². The third-order valence-electron chi connectivity index (χ3n) is 3.78. The van der Waals surface area contributed by atoms with Crippen molar-refractivity contribution in [1.82, 2.24) is 5.32 Å². The number of nitrogens with one attached hydrogen (secondary N) is 1. The van der Waals surface area contributed by atoms with Crippen LogP contribution < -0.4 is 10.1 Å². The van der Waals surface area contributed by atoms with Gasteiger partial charge in [0.2, 0.25) is 0 Å². The normalized spacial score (nSPS) is 14.2. The molecule has 3 rings (SSSR count). The molecule has 1 aliphatic rings. The molecule has 1 N–H and O–H groups in total. The molecule has 0 aliphatic heterocycles. The first kappa shape index (κ1) is 14.1. The van der Waals surface area contributed by atoms with Gasteiger partial charge in [-0.05, 0) is 49.1 Å². The second-order valence-electron chi connectivity index (χ2n) is 5.47. The van der Waals surface area contributed by atoms with Gasteiger partial charge in [-0.1, -0.05) is 25.1 Å². The molecule has 0 saturated heterocycles. The van der Waals surface area contributed by atoms with E-state index in [0.29, 0.717) is 23.9 Å². The van der Waals surface area contributed by atoms with E-state index >= 15 is 0 Å². The number of halogens is 1. The van der Waals surface area contributed by atoms with Crippen molar-refractivity contribution < 1.29 is 9.13 Å². The average molecular weight is 285 g/mol. The van der Waals surface area contributed by atoms with Gasteiger partial charge in [0.25, 0.3) is 0 Å². The monoisotopic (exact) mass is 285 g/mol. The number of hydrogen-bond donors (Lipinski definition) is 1. The summed E-state index contributed by atoms with van der Waals surface area (Å²) in [5.41, 5.74) is 1.86. The molecule has 1 aliphatic carbocycles. The minimum absolute atomic E-state index is 0.217. The van der Waals surface area contributed by atoms with Gasteiger partial charge in [0.1, 0.15) is 17.3 Å². The van der Waals surface area contributed by atoms with Gasteiger partial charge in [0.05, 0.1) is 0 Å². The lowest BCUT2D eigenvalue weighted by Gasteiger charge is -2.13. The van der Waals surface area contributed by atoms with E-state index in [1.165, 1.54) is 24.5 Å². The maximum Gasteiger partial charge on any atom is 0.134 e. The molecular weight excluding hydrogens is 265 g/mol. The lowest BCUT2D eigenvalue weighted by atomic mass is 10.1. The Kier molecular flexibility index (Phi) is 4.20. The number of ether oxygens (including phenoxy) is 1. The van der Waals surface area contributed by atoms with Crippen LogP contribution in [-0.2, 0) is 13.0 Å². The molecule has 0 spiro atoms. The van der Waals surface area contributed by atoms with Crippen LogP contribution in [0.2, 0.25) is 0 Å². The van der Waals surface area contributed by atoms with Crippen molar-refractivity contribution in [3.63, 3.8) is 0 Å². The zero-order valence-electron chi connectivity index (χ0n) is 12.2. The fourth-order valence-corrected chi connectivity index (χ4v) is 2.26. The predicted molar refractivity (Wildman–Crippen MR) is 82.2 cm³/mol. The van der Waals surface area contributed by atoms with Gasteiger partial charge in [0, 0.05) is 18.2 Å². The third kappa shape index (κ3) is 3.61. The number of rotatable bonds is 6. The molecule has 21 heavy (non-hydrogen) atoms. The number of aryl methyl sites for hydroxylation is 1. The summed E-state index contributed by atoms with van der Waals surface area (Å²) in [6.45, 7) is 2.63. The Balaban J connectivity index is 1.77. The molecule has 0 radical (unpaired) electrons. The van der Waals surface area contributed by atoms with Crippen molar-refractivity contribution in [2.45, 2.75) is 38.8 Å². The molecule has 0 heterocycles. The maximum absolute atomic E-state index is 14.0. The smallest absolute Gasteiger partial charge is 0.134 e. The summed E-state index contributed by atoms with van der Waals surface area (Å²) >= 11 is 0. The molecule has 0 atom stereocenters. The molecule has 0 aromatic heterocycles. The quantitative estimate of drug-likeness (QED) is 0.847. The molecule has 2 nitrogen and oxygen atoms in total. The van der Waals surface area contributed by atoms with Gasteiger partial charge in [-0.2, -0.15) is 0 Å². The van der Waals surface area contributed by atoms with Crippen molar-refractivity contribution in [3.05, 3.63) is 59.4 Å². The molecule has 2 aromatic rings. The highest BCUT2D eigenvalue weighted by Gasteiger charge is 2.21. The predicted octanol–water partition coefficient (Wildman–Crippen LogP) is 4.43. The summed E-state index contributed by atoms with van der Waals surface area (Å²) in [6.07, 6.45) is 3.36. The molecule has 0 amide bonds. The van der Waals surface area contributed by atoms with E-state index in [-0.39, 0.29) is 5.82 Å². The zero-order chi connectivity index (χ0) is 14.7. The minimum Gasteiger partial charge on any atom is -0.457 e. The van der Waals surface area contributed by atoms with Crippen molar-refractivity contribution in [1.29, 1.82) is 0 Å². The topological polar surface area (TPSA) is 21.3 Å². The second kappa shape index (κ2) is 6.27. The van der Waals surface area contributed by atoms with Crippen molar-refractivity contribution in [3.8, 4) is 11.5 Å². The first-order valence-corrected chi connectivity index (χ1v) is 7.54. The van der Waals surface area contributed by atoms with Crippen molar-refractivity contribution in [2.24, 2.45) is 0 Å². The highest BCUT2D eigenvalue weighted by atomic mass is 19.1. The highest BCUT2D eigenvalue weighted by Crippen LogP contribution is 2.28. The molecule has 1 fully saturated rings. The summed E-state index contributed by atoms with van der Waals surface area (Å²) in [6, 6.07) is 13.5. The lowest BCUT2D eigenvalue weighted by molar-refractivity contribution is 0.461. The summed E-state index contributed by atoms with van der Waals surface area (Å²) < 4.78 is 19.9. The Morgan fingerprint density at radius 2 is 1.90 bits per heavy atom. The van der Waals surface area contributed by atoms with Crippen LogP contribution in [-0.4, -0.2) is 6.04 Å². The molecule has 0 bridgehead atoms. The largest absolute Gasteiger partial charge is 0.457 e. The van der Waals surface area contributed by atoms with Crippen LogP contribution in [0.3, 0.4) is 0 Å². The summed E-state index contributed by atoms with van der Waals surface area (Å²) in [7, 11) is 0. The van der Waals surface area contributed by atoms with E-state index in [2.05, 4.69) is 12.2 Å². The summed E-state index contributed by atoms with van der Waals surface area (Å²) in [5.74, 6) is 1.11. The Labute approximate surface area is 125 Å². The Morgan fingerprint density at radius 3 is 2.57 bits per heavy atom. The maximum atomic E-state index is 14.0. The van der Waals surface area contributed by atoms with Gasteiger partial charge < -0.3 is 10.1 Å². The molecule has 3 heteroatoms. The van der Waals surface area contributed by atoms with E-state index in [1.54, 1.807) is 6.07 Å². The average Bonchev–Trinajstić information content (AvgIpc) is 3.32. The molecule has 110 valence electrons. The van der Waals surface area contributed by atoms with E-state index in [1.807, 2.05) is 30.3 Å². The zero-order valence-corrected chi connectivity index (χ0v) is 12.2. The Bertz CT molecular complexity index is 605. The Morgan fingerprint density at radius 1 is 1.14 bits per heavy atom. The van der Waals surface area contributed by atoms with Crippen LogP contribution in [0.5, 0.6) is 11.5 Å². The van der Waals surface area contributed by atoms with Crippen LogP contribution in [0.4, 0.5) is 4.39 Å². The van der Waals surface area contributed by atoms with E-state index in [0.717, 1.165) is 12.2 Å². The van der Waals surface area contributed by atoms with E-state index in [9.17, 15) is 4.39 Å². The molecular formula is C18H20FNO. The van der Waals surface area contributed by atoms with Gasteiger partial charge in [-0.15, -0.1) is 0 Å². The van der Waals surface area contributed by atoms with Gasteiger partial charge in [-0.3, -0.25) is 0 Å². The number of hydrogen-bond acceptors (Lipinski definition) is 2. The minimum atomic E-state index is -0.217. The first-order chi connectivity index (χ1) is 10.3. The van der Waals surface area contributed by atoms with Crippen molar-refractivity contribution >= 4 is 0 Å². The van der Waals surface area contributed by atoms with Gasteiger partial charge in [-0.25, -0.2) is 4.39 Å². The lowest BCUT2D eigenvalue weighted by Crippen LogP contribution is -2.16. The standard InChI is InChI=1S/C18H20FNO/c1-2-13-6-10-15(11-7-13)21-18-5-3-4-17(19)16(18)12-20-14-8-9-14/h3-7,10-11,14,20H,2,8-9,12H2,1H3. The van der Waals surface area contributed by atoms with Crippen molar-refractivity contribution in [2.75, 3.05) is 0 Å². The fraction of sp³-hybridized carbons (Fsp3) is 0.333. The van der Waals surface area contributed by atoms with Crippen LogP contribution in [0.15, 0.2) is 42.5 Å². The molecule has 1 saturated carbocycles. The molecule has 0 unspecified atom stereocenters. The highest BCUT2D eigenvalue weighted by molar-refractivity contribution is 5.39. The van der Waals surface area contributed by atoms with Crippen LogP contribution in [0.1, 0.15) is 30.9 Å². The third-order valence-corrected chi connectivity index (χ3v) is 3.78. The van der Waals surface area contributed by atoms with Crippen LogP contribution in [0, 0.1) is 5.82 Å². The van der Waals surface area contributed by atoms with E-state index in [4.69, 9.17) is 4.74 Å². The SMILES string of the molecule is CCc1ccc(Oc2cccc(F)c2CNC2CC2)cc1. The van der Waals surface area contributed by atoms with Crippen LogP contribution >= 0.6 is 0 Å². The number of benzene rings is 2. The van der Waals surface area contributed by atoms with Gasteiger partial charge in [0.15, 0.2) is 0 Å². The summed E-state index contributed by atoms with van der Waals surface area (Å²) in [4.78, 5) is 0. The molecule has 2 aromatic carbocycles.